The highest BCUT2D eigenvalue weighted by atomic mass is 32.1. The van der Waals surface area contributed by atoms with Crippen LogP contribution in [0.25, 0.3) is 0 Å². The summed E-state index contributed by atoms with van der Waals surface area (Å²) in [6, 6.07) is 2.25. The molecule has 2 amide bonds. The minimum Gasteiger partial charge on any atom is -0.463 e. The Kier molecular flexibility index (Phi) is 5.91. The topological polar surface area (TPSA) is 101 Å². The predicted molar refractivity (Wildman–Crippen MR) is 88.1 cm³/mol. The number of hydrogen-bond acceptors (Lipinski definition) is 6. The number of rotatable bonds is 4. The summed E-state index contributed by atoms with van der Waals surface area (Å²) in [5.41, 5.74) is 0. The number of ether oxygens (including phenoxy) is 1. The van der Waals surface area contributed by atoms with E-state index in [1.165, 1.54) is 17.2 Å². The van der Waals surface area contributed by atoms with Gasteiger partial charge in [0, 0.05) is 13.1 Å². The molecule has 24 heavy (non-hydrogen) atoms. The molecular weight excluding hydrogens is 334 g/mol. The number of carbonyl (C=O) groups is 3. The number of nitrogens with one attached hydrogen (secondary N) is 2. The van der Waals surface area contributed by atoms with Crippen molar-refractivity contribution in [1.29, 1.82) is 0 Å². The fourth-order valence-corrected chi connectivity index (χ4v) is 2.58. The molecule has 2 heterocycles. The van der Waals surface area contributed by atoms with Gasteiger partial charge >= 0.3 is 5.97 Å². The second kappa shape index (κ2) is 7.91. The Labute approximate surface area is 144 Å². The van der Waals surface area contributed by atoms with Gasteiger partial charge < -0.3 is 19.4 Å². The van der Waals surface area contributed by atoms with Gasteiger partial charge in [-0.1, -0.05) is 0 Å². The average Bonchev–Trinajstić information content (AvgIpc) is 3.02. The minimum absolute atomic E-state index is 0.0635. The molecule has 0 bridgehead atoms. The fraction of sp³-hybridized carbons (Fsp3) is 0.467. The van der Waals surface area contributed by atoms with Gasteiger partial charge in [-0.25, -0.2) is 0 Å². The molecule has 0 saturated carbocycles. The van der Waals surface area contributed by atoms with E-state index in [0.717, 1.165) is 0 Å². The highest BCUT2D eigenvalue weighted by molar-refractivity contribution is 7.80. The Morgan fingerprint density at radius 1 is 1.54 bits per heavy atom. The van der Waals surface area contributed by atoms with E-state index in [9.17, 15) is 14.4 Å². The molecule has 0 spiro atoms. The third-order valence-electron chi connectivity index (χ3n) is 3.28. The zero-order chi connectivity index (χ0) is 17.7. The van der Waals surface area contributed by atoms with Gasteiger partial charge in [-0.05, 0) is 38.2 Å². The van der Waals surface area contributed by atoms with Crippen molar-refractivity contribution in [2.45, 2.75) is 32.4 Å². The summed E-state index contributed by atoms with van der Waals surface area (Å²) in [7, 11) is 0. The van der Waals surface area contributed by atoms with E-state index in [2.05, 4.69) is 10.6 Å². The van der Waals surface area contributed by atoms with Gasteiger partial charge in [0.1, 0.15) is 6.04 Å². The van der Waals surface area contributed by atoms with E-state index in [-0.39, 0.29) is 29.3 Å². The van der Waals surface area contributed by atoms with Crippen LogP contribution in [-0.4, -0.2) is 53.0 Å². The molecule has 1 unspecified atom stereocenters. The van der Waals surface area contributed by atoms with E-state index in [1.807, 2.05) is 0 Å². The van der Waals surface area contributed by atoms with Crippen LogP contribution in [0.15, 0.2) is 22.8 Å². The Bertz CT molecular complexity index is 629. The molecule has 1 aromatic heterocycles. The van der Waals surface area contributed by atoms with Gasteiger partial charge in [-0.3, -0.25) is 19.7 Å². The molecule has 9 heteroatoms. The molecule has 1 saturated heterocycles. The maximum absolute atomic E-state index is 12.1. The lowest BCUT2D eigenvalue weighted by molar-refractivity contribution is -0.150. The third kappa shape index (κ3) is 4.54. The van der Waals surface area contributed by atoms with E-state index in [4.69, 9.17) is 21.4 Å². The number of furan rings is 1. The molecule has 0 radical (unpaired) electrons. The number of carbonyl (C=O) groups excluding carboxylic acids is 3. The zero-order valence-electron chi connectivity index (χ0n) is 13.4. The summed E-state index contributed by atoms with van der Waals surface area (Å²) < 4.78 is 10.1. The van der Waals surface area contributed by atoms with Gasteiger partial charge in [-0.2, -0.15) is 0 Å². The van der Waals surface area contributed by atoms with Crippen LogP contribution in [0.4, 0.5) is 0 Å². The maximum atomic E-state index is 12.1. The van der Waals surface area contributed by atoms with Crippen LogP contribution in [0.5, 0.6) is 0 Å². The molecule has 1 aromatic rings. The van der Waals surface area contributed by atoms with Crippen molar-refractivity contribution in [3.05, 3.63) is 24.2 Å². The normalized spacial score (nSPS) is 17.4. The molecule has 0 aromatic carbocycles. The monoisotopic (exact) mass is 353 g/mol. The number of esters is 1. The van der Waals surface area contributed by atoms with Crippen molar-refractivity contribution in [3.63, 3.8) is 0 Å². The Morgan fingerprint density at radius 2 is 2.29 bits per heavy atom. The molecule has 2 N–H and O–H groups in total. The first kappa shape index (κ1) is 17.9. The number of hydrogen-bond donors (Lipinski definition) is 2. The first-order valence-corrected chi connectivity index (χ1v) is 7.92. The predicted octanol–water partition coefficient (Wildman–Crippen LogP) is 0.436. The highest BCUT2D eigenvalue weighted by Gasteiger charge is 2.34. The van der Waals surface area contributed by atoms with E-state index >= 15 is 0 Å². The van der Waals surface area contributed by atoms with Crippen LogP contribution >= 0.6 is 12.2 Å². The van der Waals surface area contributed by atoms with Gasteiger partial charge in [0.05, 0.1) is 18.8 Å². The van der Waals surface area contributed by atoms with Crippen LogP contribution in [0.2, 0.25) is 0 Å². The zero-order valence-corrected chi connectivity index (χ0v) is 14.2. The molecule has 1 fully saturated rings. The van der Waals surface area contributed by atoms with Crippen LogP contribution < -0.4 is 10.6 Å². The van der Waals surface area contributed by atoms with E-state index in [1.54, 1.807) is 19.9 Å². The van der Waals surface area contributed by atoms with Crippen LogP contribution in [-0.2, 0) is 14.3 Å². The van der Waals surface area contributed by atoms with Crippen LogP contribution in [0.3, 0.4) is 0 Å². The maximum Gasteiger partial charge on any atom is 0.308 e. The standard InChI is InChI=1S/C15H19N3O5S/c1-9(2)23-12(19)8-10-13(20)16-5-6-18(10)15(24)17-14(21)11-4-3-7-22-11/h3-4,7,9-10H,5-6,8H2,1-2H3,(H,16,20)(H,17,21,24). The van der Waals surface area contributed by atoms with Crippen molar-refractivity contribution < 1.29 is 23.5 Å². The average molecular weight is 353 g/mol. The Hall–Kier alpha value is -2.42. The number of nitrogens with zero attached hydrogens (tertiary/aromatic N) is 1. The third-order valence-corrected chi connectivity index (χ3v) is 3.62. The summed E-state index contributed by atoms with van der Waals surface area (Å²) in [6.45, 7) is 4.20. The quantitative estimate of drug-likeness (QED) is 0.598. The lowest BCUT2D eigenvalue weighted by Crippen LogP contribution is -2.60. The van der Waals surface area contributed by atoms with Crippen molar-refractivity contribution in [1.82, 2.24) is 15.5 Å². The number of thiocarbonyl (C=S) groups is 1. The van der Waals surface area contributed by atoms with Gasteiger partial charge in [-0.15, -0.1) is 0 Å². The smallest absolute Gasteiger partial charge is 0.308 e. The fourth-order valence-electron chi connectivity index (χ4n) is 2.27. The summed E-state index contributed by atoms with van der Waals surface area (Å²) in [4.78, 5) is 37.5. The Morgan fingerprint density at radius 3 is 2.92 bits per heavy atom. The van der Waals surface area contributed by atoms with Crippen molar-refractivity contribution in [2.24, 2.45) is 0 Å². The molecule has 0 aliphatic carbocycles. The molecule has 1 aliphatic heterocycles. The van der Waals surface area contributed by atoms with E-state index in [0.29, 0.717) is 13.1 Å². The second-order valence-electron chi connectivity index (χ2n) is 5.48. The van der Waals surface area contributed by atoms with Gasteiger partial charge in [0.15, 0.2) is 10.9 Å². The lowest BCUT2D eigenvalue weighted by Gasteiger charge is -2.36. The lowest BCUT2D eigenvalue weighted by atomic mass is 10.1. The molecule has 1 aliphatic rings. The van der Waals surface area contributed by atoms with Crippen LogP contribution in [0.1, 0.15) is 30.8 Å². The van der Waals surface area contributed by atoms with Crippen molar-refractivity contribution >= 4 is 35.1 Å². The first-order valence-electron chi connectivity index (χ1n) is 7.51. The second-order valence-corrected chi connectivity index (χ2v) is 5.87. The number of piperazine rings is 1. The van der Waals surface area contributed by atoms with E-state index < -0.39 is 17.9 Å². The molecule has 1 atom stereocenters. The Balaban J connectivity index is 2.04. The van der Waals surface area contributed by atoms with Gasteiger partial charge in [0.25, 0.3) is 5.91 Å². The molecule has 130 valence electrons. The first-order chi connectivity index (χ1) is 11.4. The highest BCUT2D eigenvalue weighted by Crippen LogP contribution is 2.12. The summed E-state index contributed by atoms with van der Waals surface area (Å²) in [5.74, 6) is -1.25. The summed E-state index contributed by atoms with van der Waals surface area (Å²) in [6.07, 6.45) is 0.945. The van der Waals surface area contributed by atoms with Crippen LogP contribution in [0, 0.1) is 0 Å². The minimum atomic E-state index is -0.825. The van der Waals surface area contributed by atoms with Crippen molar-refractivity contribution in [3.8, 4) is 0 Å². The largest absolute Gasteiger partial charge is 0.463 e. The van der Waals surface area contributed by atoms with Gasteiger partial charge in [0.2, 0.25) is 5.91 Å². The number of amides is 2. The SMILES string of the molecule is CC(C)OC(=O)CC1C(=O)NCCN1C(=S)NC(=O)c1ccco1. The van der Waals surface area contributed by atoms with Crippen molar-refractivity contribution in [2.75, 3.05) is 13.1 Å². The summed E-state index contributed by atoms with van der Waals surface area (Å²) in [5, 5.41) is 5.25. The summed E-state index contributed by atoms with van der Waals surface area (Å²) >= 11 is 5.22. The molecule has 8 nitrogen and oxygen atoms in total. The molecule has 2 rings (SSSR count). The molecular formula is C15H19N3O5S.